The molecular weight excluding hydrogens is 272 g/mol. The normalized spacial score (nSPS) is 10.3. The van der Waals surface area contributed by atoms with Crippen molar-refractivity contribution in [2.75, 3.05) is 41.4 Å². The molecule has 0 aliphatic rings. The molecule has 0 saturated heterocycles. The van der Waals surface area contributed by atoms with E-state index in [4.69, 9.17) is 4.74 Å². The lowest BCUT2D eigenvalue weighted by Gasteiger charge is -2.10. The predicted octanol–water partition coefficient (Wildman–Crippen LogP) is 0.476. The van der Waals surface area contributed by atoms with Gasteiger partial charge in [-0.2, -0.15) is 0 Å². The number of nitrogens with zero attached hydrogens (tertiary/aromatic N) is 2. The van der Waals surface area contributed by atoms with E-state index in [1.54, 1.807) is 6.92 Å². The summed E-state index contributed by atoms with van der Waals surface area (Å²) in [6.07, 6.45) is 1.58. The van der Waals surface area contributed by atoms with Gasteiger partial charge in [-0.05, 0) is 12.8 Å². The van der Waals surface area contributed by atoms with Crippen molar-refractivity contribution < 1.29 is 26.5 Å². The van der Waals surface area contributed by atoms with Crippen molar-refractivity contribution in [1.82, 2.24) is 4.90 Å². The summed E-state index contributed by atoms with van der Waals surface area (Å²) >= 11 is 0. The van der Waals surface area contributed by atoms with Gasteiger partial charge in [0, 0.05) is 0 Å². The Kier molecular flexibility index (Phi) is 11.9. The Morgan fingerprint density at radius 3 is 1.84 bits per heavy atom. The molecule has 0 unspecified atom stereocenters. The molecule has 0 saturated carbocycles. The van der Waals surface area contributed by atoms with Gasteiger partial charge in [0.25, 0.3) is 0 Å². The van der Waals surface area contributed by atoms with Gasteiger partial charge in [0.05, 0.1) is 41.4 Å². The molecular formula is C11H26N2O5S. The van der Waals surface area contributed by atoms with Crippen LogP contribution in [0.25, 0.3) is 0 Å². The first-order valence-electron chi connectivity index (χ1n) is 6.10. The van der Waals surface area contributed by atoms with Crippen LogP contribution in [0.15, 0.2) is 0 Å². The van der Waals surface area contributed by atoms with Crippen LogP contribution in [0.1, 0.15) is 26.7 Å². The predicted molar refractivity (Wildman–Crippen MR) is 73.0 cm³/mol. The number of amidine groups is 1. The molecule has 8 heteroatoms. The van der Waals surface area contributed by atoms with E-state index in [2.05, 4.69) is 11.1 Å². The van der Waals surface area contributed by atoms with Crippen LogP contribution in [-0.2, 0) is 19.3 Å². The summed E-state index contributed by atoms with van der Waals surface area (Å²) in [5, 5.41) is 0. The van der Waals surface area contributed by atoms with E-state index in [1.165, 1.54) is 0 Å². The van der Waals surface area contributed by atoms with E-state index < -0.39 is 10.4 Å². The maximum absolute atomic E-state index is 9.61. The second-order valence-electron chi connectivity index (χ2n) is 4.15. The summed E-state index contributed by atoms with van der Waals surface area (Å²) in [5.41, 5.74) is 0. The third-order valence-corrected chi connectivity index (χ3v) is 2.09. The number of hydrogen-bond acceptors (Lipinski definition) is 5. The van der Waals surface area contributed by atoms with Gasteiger partial charge < -0.3 is 9.29 Å². The molecule has 0 aliphatic heterocycles. The summed E-state index contributed by atoms with van der Waals surface area (Å²) in [6.45, 7) is 4.58. The second-order valence-corrected chi connectivity index (χ2v) is 5.20. The van der Waals surface area contributed by atoms with E-state index in [1.807, 2.05) is 37.7 Å². The van der Waals surface area contributed by atoms with Crippen molar-refractivity contribution in [3.05, 3.63) is 0 Å². The zero-order chi connectivity index (χ0) is 15.5. The number of rotatable bonds is 5. The molecule has 0 heterocycles. The maximum atomic E-state index is 9.61. The monoisotopic (exact) mass is 298 g/mol. The first kappa shape index (κ1) is 20.5. The standard InChI is InChI=1S/C8H19N2O.C3H8O4S/c1-6-7-11-8(9(2)3)10(4)5;1-2-3-7-8(4,5)6/h6-7H2,1-5H3;2-3H2,1H3,(H,4,5,6)/q+1;/p-1. The molecule has 0 spiro atoms. The minimum Gasteiger partial charge on any atom is -0.726 e. The SMILES string of the molecule is CCCOC(N(C)C)=[N+](C)C.CCCOS(=O)(=O)[O-]. The highest BCUT2D eigenvalue weighted by atomic mass is 32.3. The van der Waals surface area contributed by atoms with Gasteiger partial charge in [-0.1, -0.05) is 13.8 Å². The maximum Gasteiger partial charge on any atom is 0.445 e. The molecule has 0 amide bonds. The molecule has 0 aromatic carbocycles. The lowest BCUT2D eigenvalue weighted by molar-refractivity contribution is -0.480. The highest BCUT2D eigenvalue weighted by Gasteiger charge is 2.11. The third-order valence-electron chi connectivity index (χ3n) is 1.63. The Hall–Kier alpha value is -0.860. The second kappa shape index (κ2) is 11.0. The lowest BCUT2D eigenvalue weighted by atomic mass is 10.5. The van der Waals surface area contributed by atoms with Gasteiger partial charge in [0.15, 0.2) is 0 Å². The Morgan fingerprint density at radius 1 is 1.16 bits per heavy atom. The van der Waals surface area contributed by atoms with Crippen LogP contribution in [0.4, 0.5) is 0 Å². The Balaban J connectivity index is 0. The van der Waals surface area contributed by atoms with E-state index in [0.29, 0.717) is 6.42 Å². The van der Waals surface area contributed by atoms with Crippen LogP contribution in [0.2, 0.25) is 0 Å². The van der Waals surface area contributed by atoms with Crippen molar-refractivity contribution in [2.45, 2.75) is 26.7 Å². The zero-order valence-electron chi connectivity index (χ0n) is 12.7. The average Bonchev–Trinajstić information content (AvgIpc) is 2.26. The zero-order valence-corrected chi connectivity index (χ0v) is 13.5. The molecule has 0 rings (SSSR count). The van der Waals surface area contributed by atoms with Crippen molar-refractivity contribution in [3.8, 4) is 0 Å². The summed E-state index contributed by atoms with van der Waals surface area (Å²) in [6, 6.07) is 0.909. The molecule has 0 N–H and O–H groups in total. The molecule has 0 atom stereocenters. The molecule has 0 fully saturated rings. The summed E-state index contributed by atoms with van der Waals surface area (Å²) in [7, 11) is 3.47. The molecule has 7 nitrogen and oxygen atoms in total. The van der Waals surface area contributed by atoms with Crippen LogP contribution >= 0.6 is 0 Å². The number of ether oxygens (including phenoxy) is 1. The van der Waals surface area contributed by atoms with E-state index in [-0.39, 0.29) is 6.61 Å². The van der Waals surface area contributed by atoms with E-state index >= 15 is 0 Å². The van der Waals surface area contributed by atoms with Gasteiger partial charge in [0.2, 0.25) is 10.4 Å². The van der Waals surface area contributed by atoms with Crippen LogP contribution in [0.3, 0.4) is 0 Å². The van der Waals surface area contributed by atoms with Gasteiger partial charge in [-0.15, -0.1) is 0 Å². The lowest BCUT2D eigenvalue weighted by Crippen LogP contribution is -2.32. The Morgan fingerprint density at radius 2 is 1.63 bits per heavy atom. The minimum atomic E-state index is -4.44. The minimum absolute atomic E-state index is 0.0220. The summed E-state index contributed by atoms with van der Waals surface area (Å²) < 4.78 is 40.1. The average molecular weight is 298 g/mol. The van der Waals surface area contributed by atoms with Crippen molar-refractivity contribution in [3.63, 3.8) is 0 Å². The van der Waals surface area contributed by atoms with Crippen LogP contribution < -0.4 is 0 Å². The molecule has 0 radical (unpaired) electrons. The first-order valence-corrected chi connectivity index (χ1v) is 7.43. The van der Waals surface area contributed by atoms with E-state index in [9.17, 15) is 13.0 Å². The molecule has 0 bridgehead atoms. The van der Waals surface area contributed by atoms with Crippen molar-refractivity contribution in [2.24, 2.45) is 0 Å². The number of hydrogen-bond donors (Lipinski definition) is 0. The highest BCUT2D eigenvalue weighted by Crippen LogP contribution is 1.87. The Labute approximate surface area is 116 Å². The Bertz CT molecular complexity index is 348. The largest absolute Gasteiger partial charge is 0.726 e. The molecule has 19 heavy (non-hydrogen) atoms. The van der Waals surface area contributed by atoms with Crippen molar-refractivity contribution in [1.29, 1.82) is 0 Å². The first-order chi connectivity index (χ1) is 8.65. The fourth-order valence-electron chi connectivity index (χ4n) is 1.04. The fourth-order valence-corrected chi connectivity index (χ4v) is 1.41. The smallest absolute Gasteiger partial charge is 0.445 e. The van der Waals surface area contributed by atoms with Crippen LogP contribution in [0, 0.1) is 0 Å². The molecule has 0 aromatic rings. The topological polar surface area (TPSA) is 81.9 Å². The molecule has 0 aromatic heterocycles. The van der Waals surface area contributed by atoms with Crippen molar-refractivity contribution >= 4 is 16.4 Å². The van der Waals surface area contributed by atoms with Gasteiger partial charge in [0.1, 0.15) is 0 Å². The summed E-state index contributed by atoms with van der Waals surface area (Å²) in [4.78, 5) is 1.97. The fraction of sp³-hybridized carbons (Fsp3) is 0.909. The quantitative estimate of drug-likeness (QED) is 0.241. The summed E-state index contributed by atoms with van der Waals surface area (Å²) in [5.74, 6) is 0. The van der Waals surface area contributed by atoms with Gasteiger partial charge >= 0.3 is 6.02 Å². The molecule has 116 valence electrons. The van der Waals surface area contributed by atoms with Gasteiger partial charge in [-0.3, -0.25) is 4.18 Å². The van der Waals surface area contributed by atoms with Crippen LogP contribution in [0.5, 0.6) is 0 Å². The molecule has 0 aliphatic carbocycles. The van der Waals surface area contributed by atoms with Crippen LogP contribution in [-0.4, -0.2) is 69.9 Å². The third kappa shape index (κ3) is 15.1. The highest BCUT2D eigenvalue weighted by molar-refractivity contribution is 7.80. The van der Waals surface area contributed by atoms with Gasteiger partial charge in [-0.25, -0.2) is 17.9 Å². The van der Waals surface area contributed by atoms with E-state index in [0.717, 1.165) is 19.0 Å².